The lowest BCUT2D eigenvalue weighted by molar-refractivity contribution is -0.316. The van der Waals surface area contributed by atoms with Crippen LogP contribution in [0.2, 0.25) is 0 Å². The van der Waals surface area contributed by atoms with E-state index in [0.717, 1.165) is 0 Å². The van der Waals surface area contributed by atoms with E-state index in [1.54, 1.807) is 48.6 Å². The van der Waals surface area contributed by atoms with E-state index in [0.29, 0.717) is 6.42 Å². The predicted molar refractivity (Wildman–Crippen MR) is 182 cm³/mol. The van der Waals surface area contributed by atoms with Crippen LogP contribution >= 0.6 is 0 Å². The highest BCUT2D eigenvalue weighted by Crippen LogP contribution is 2.40. The molecule has 3 aliphatic rings. The number of hydrogen-bond donors (Lipinski definition) is 6. The van der Waals surface area contributed by atoms with Gasteiger partial charge in [0.05, 0.1) is 47.6 Å². The Morgan fingerprint density at radius 2 is 1.52 bits per heavy atom. The van der Waals surface area contributed by atoms with Gasteiger partial charge in [-0.2, -0.15) is 0 Å². The number of Topliss-reactive ketones (excluding diaryl/α,β-unsaturated/α-hetero) is 1. The average molecular weight is 720 g/mol. The Labute approximate surface area is 297 Å². The summed E-state index contributed by atoms with van der Waals surface area (Å²) in [5, 5.41) is 60.4. The maximum absolute atomic E-state index is 14.0. The lowest BCUT2D eigenvalue weighted by Gasteiger charge is -2.48. The van der Waals surface area contributed by atoms with Gasteiger partial charge in [0.15, 0.2) is 12.6 Å². The minimum Gasteiger partial charge on any atom is -0.459 e. The molecule has 3 rings (SSSR count). The number of hydrogen-bond acceptors (Lipinski definition) is 14. The Morgan fingerprint density at radius 3 is 2.08 bits per heavy atom. The van der Waals surface area contributed by atoms with E-state index in [2.05, 4.69) is 5.32 Å². The number of nitrogens with one attached hydrogen (secondary N) is 1. The summed E-state index contributed by atoms with van der Waals surface area (Å²) in [5.41, 5.74) is -4.84. The second-order valence-electron chi connectivity index (χ2n) is 15.8. The Bertz CT molecular complexity index is 1140. The summed E-state index contributed by atoms with van der Waals surface area (Å²) in [7, 11) is 3.20. The lowest BCUT2D eigenvalue weighted by atomic mass is 9.74. The summed E-state index contributed by atoms with van der Waals surface area (Å²) in [4.78, 5) is 27.8. The molecule has 0 spiro atoms. The van der Waals surface area contributed by atoms with Gasteiger partial charge in [-0.25, -0.2) is 0 Å². The van der Waals surface area contributed by atoms with Gasteiger partial charge in [0, 0.05) is 37.3 Å². The number of methoxy groups -OCH3 is 1. The van der Waals surface area contributed by atoms with Crippen molar-refractivity contribution in [1.29, 1.82) is 0 Å². The van der Waals surface area contributed by atoms with E-state index in [1.807, 2.05) is 6.92 Å². The van der Waals surface area contributed by atoms with Crippen LogP contribution in [-0.4, -0.2) is 136 Å². The first-order valence-electron chi connectivity index (χ1n) is 18.1. The van der Waals surface area contributed by atoms with Gasteiger partial charge in [0.2, 0.25) is 0 Å². The molecule has 50 heavy (non-hydrogen) atoms. The minimum absolute atomic E-state index is 0.0929. The summed E-state index contributed by atoms with van der Waals surface area (Å²) in [6.07, 6.45) is -9.76. The van der Waals surface area contributed by atoms with Crippen LogP contribution in [0.3, 0.4) is 0 Å². The molecule has 10 unspecified atom stereocenters. The molecule has 3 aliphatic heterocycles. The zero-order valence-corrected chi connectivity index (χ0v) is 32.0. The van der Waals surface area contributed by atoms with Crippen LogP contribution in [0.15, 0.2) is 0 Å². The van der Waals surface area contributed by atoms with Gasteiger partial charge in [-0.05, 0) is 67.9 Å². The quantitative estimate of drug-likeness (QED) is 0.206. The van der Waals surface area contributed by atoms with Gasteiger partial charge in [0.25, 0.3) is 0 Å². The average Bonchev–Trinajstić information content (AvgIpc) is 3.05. The smallest absolute Gasteiger partial charge is 0.311 e. The normalized spacial score (nSPS) is 50.4. The number of rotatable bonds is 7. The standard InChI is InChI=1S/C36H65NO13/c1-13-24-36(10,44)29(40)19(4)26(38)17(2)15-34(8,43)31(50-33-27(39)23(37-11)14-18(3)46-33)20(5)28(21(6)32(42)48-24)49-25-16-35(9,45-12)30(41)22(7)47-25/h17-25,27-31,33,37,39-41,43-44H,13-16H2,1-12H3/t17-,18?,19+,20+,21-,22?,23?,24-,25?,27?,28+,29-,30?,31-,33?,34?,35?,36?/m1/s1. The number of aliphatic hydroxyl groups is 5. The molecule has 3 fully saturated rings. The van der Waals surface area contributed by atoms with Crippen molar-refractivity contribution in [3.05, 3.63) is 0 Å². The van der Waals surface area contributed by atoms with Gasteiger partial charge in [-0.15, -0.1) is 0 Å². The van der Waals surface area contributed by atoms with Crippen molar-refractivity contribution >= 4 is 11.8 Å². The van der Waals surface area contributed by atoms with Crippen molar-refractivity contribution in [3.63, 3.8) is 0 Å². The predicted octanol–water partition coefficient (Wildman–Crippen LogP) is 1.44. The molecule has 3 saturated heterocycles. The van der Waals surface area contributed by atoms with Crippen LogP contribution in [0.25, 0.3) is 0 Å². The number of likely N-dealkylation sites (N-methyl/N-ethyl adjacent to an activating group) is 1. The fourth-order valence-electron chi connectivity index (χ4n) is 8.21. The van der Waals surface area contributed by atoms with Gasteiger partial charge in [0.1, 0.15) is 29.7 Å². The lowest BCUT2D eigenvalue weighted by Crippen LogP contribution is -2.61. The molecule has 6 N–H and O–H groups in total. The SMILES string of the molecule is CC[C@H]1OC(=O)[C@H](C)[C@@H](OC2CC(C)(OC)C(O)C(C)O2)[C@H](C)[C@@H](OC2OC(C)CC(NC)C2O)C(C)(O)C[C@@H](C)C(=O)[C@H](C)[C@@H](O)C1(C)O. The van der Waals surface area contributed by atoms with Crippen LogP contribution in [-0.2, 0) is 38.0 Å². The maximum atomic E-state index is 14.0. The second kappa shape index (κ2) is 16.8. The van der Waals surface area contributed by atoms with E-state index in [-0.39, 0.29) is 31.4 Å². The first-order valence-corrected chi connectivity index (χ1v) is 18.1. The molecule has 14 heteroatoms. The van der Waals surface area contributed by atoms with Crippen LogP contribution in [0, 0.1) is 23.7 Å². The molecule has 3 heterocycles. The molecule has 292 valence electrons. The minimum atomic E-state index is -1.99. The van der Waals surface area contributed by atoms with Crippen LogP contribution in [0.4, 0.5) is 0 Å². The molecular weight excluding hydrogens is 654 g/mol. The Kier molecular flexibility index (Phi) is 14.5. The van der Waals surface area contributed by atoms with Gasteiger partial charge in [-0.1, -0.05) is 27.7 Å². The highest BCUT2D eigenvalue weighted by Gasteiger charge is 2.53. The Morgan fingerprint density at radius 1 is 0.900 bits per heavy atom. The Hall–Kier alpha value is -1.30. The van der Waals surface area contributed by atoms with Crippen LogP contribution < -0.4 is 5.32 Å². The first-order chi connectivity index (χ1) is 23.1. The third-order valence-corrected chi connectivity index (χ3v) is 11.6. The fourth-order valence-corrected chi connectivity index (χ4v) is 8.21. The molecule has 0 aromatic carbocycles. The molecule has 18 atom stereocenters. The number of esters is 1. The highest BCUT2D eigenvalue weighted by molar-refractivity contribution is 5.83. The topological polar surface area (TPSA) is 203 Å². The van der Waals surface area contributed by atoms with Crippen molar-refractivity contribution in [2.45, 2.75) is 179 Å². The summed E-state index contributed by atoms with van der Waals surface area (Å²) in [5.74, 6) is -4.98. The molecule has 0 saturated carbocycles. The van der Waals surface area contributed by atoms with Crippen molar-refractivity contribution in [3.8, 4) is 0 Å². The van der Waals surface area contributed by atoms with E-state index in [1.165, 1.54) is 27.9 Å². The zero-order chi connectivity index (χ0) is 38.1. The molecule has 0 aromatic rings. The van der Waals surface area contributed by atoms with Gasteiger partial charge < -0.3 is 59.3 Å². The van der Waals surface area contributed by atoms with Crippen molar-refractivity contribution in [1.82, 2.24) is 5.32 Å². The van der Waals surface area contributed by atoms with Crippen molar-refractivity contribution in [2.24, 2.45) is 23.7 Å². The number of carbonyl (C=O) groups is 2. The van der Waals surface area contributed by atoms with E-state index in [4.69, 9.17) is 28.4 Å². The summed E-state index contributed by atoms with van der Waals surface area (Å²) >= 11 is 0. The molecular formula is C36H65NO13. The van der Waals surface area contributed by atoms with Gasteiger partial charge in [-0.3, -0.25) is 9.59 Å². The molecule has 14 nitrogen and oxygen atoms in total. The largest absolute Gasteiger partial charge is 0.459 e. The molecule has 0 radical (unpaired) electrons. The molecule has 0 aliphatic carbocycles. The number of ketones is 1. The summed E-state index contributed by atoms with van der Waals surface area (Å²) in [6.45, 7) is 16.3. The van der Waals surface area contributed by atoms with Crippen LogP contribution in [0.1, 0.15) is 94.9 Å². The van der Waals surface area contributed by atoms with Crippen molar-refractivity contribution < 1.29 is 63.5 Å². The fraction of sp³-hybridized carbons (Fsp3) is 0.944. The van der Waals surface area contributed by atoms with E-state index < -0.39 is 108 Å². The Balaban J connectivity index is 2.17. The summed E-state index contributed by atoms with van der Waals surface area (Å²) in [6, 6.07) is -0.375. The number of cyclic esters (lactones) is 1. The molecule has 0 aromatic heterocycles. The van der Waals surface area contributed by atoms with E-state index in [9.17, 15) is 35.1 Å². The maximum Gasteiger partial charge on any atom is 0.311 e. The monoisotopic (exact) mass is 719 g/mol. The number of ether oxygens (including phenoxy) is 6. The number of carbonyl (C=O) groups excluding carboxylic acids is 2. The molecule has 0 amide bonds. The van der Waals surface area contributed by atoms with E-state index >= 15 is 0 Å². The first kappa shape index (κ1) is 43.1. The van der Waals surface area contributed by atoms with Crippen LogP contribution in [0.5, 0.6) is 0 Å². The highest BCUT2D eigenvalue weighted by atomic mass is 16.7. The molecule has 0 bridgehead atoms. The third-order valence-electron chi connectivity index (χ3n) is 11.6. The third kappa shape index (κ3) is 9.07. The van der Waals surface area contributed by atoms with Gasteiger partial charge >= 0.3 is 5.97 Å². The summed E-state index contributed by atoms with van der Waals surface area (Å²) < 4.78 is 36.9. The zero-order valence-electron chi connectivity index (χ0n) is 32.0. The van der Waals surface area contributed by atoms with Crippen molar-refractivity contribution in [2.75, 3.05) is 14.2 Å². The number of aliphatic hydroxyl groups excluding tert-OH is 3. The second-order valence-corrected chi connectivity index (χ2v) is 15.8.